The monoisotopic (exact) mass is 355 g/mol. The van der Waals surface area contributed by atoms with E-state index in [4.69, 9.17) is 0 Å². The molecule has 1 fully saturated rings. The molecule has 0 bridgehead atoms. The van der Waals surface area contributed by atoms with Gasteiger partial charge in [-0.25, -0.2) is 9.18 Å². The zero-order valence-corrected chi connectivity index (χ0v) is 14.7. The molecule has 3 rings (SSSR count). The summed E-state index contributed by atoms with van der Waals surface area (Å²) in [6.45, 7) is 3.05. The molecular weight excluding hydrogens is 333 g/mol. The van der Waals surface area contributed by atoms with Crippen LogP contribution in [-0.4, -0.2) is 29.9 Å². The summed E-state index contributed by atoms with van der Waals surface area (Å²) in [5, 5.41) is 5.68. The summed E-state index contributed by atoms with van der Waals surface area (Å²) in [4.78, 5) is 26.4. The first kappa shape index (κ1) is 17.9. The van der Waals surface area contributed by atoms with Crippen molar-refractivity contribution in [1.29, 1.82) is 0 Å². The molecule has 0 spiro atoms. The fourth-order valence-corrected chi connectivity index (χ4v) is 2.96. The molecule has 3 amide bonds. The van der Waals surface area contributed by atoms with Crippen molar-refractivity contribution in [3.8, 4) is 0 Å². The Morgan fingerprint density at radius 2 is 1.46 bits per heavy atom. The minimum absolute atomic E-state index is 0.0878. The highest BCUT2D eigenvalue weighted by molar-refractivity contribution is 5.93. The lowest BCUT2D eigenvalue weighted by molar-refractivity contribution is -0.121. The molecule has 6 heteroatoms. The number of hydrogen-bond acceptors (Lipinski definition) is 2. The van der Waals surface area contributed by atoms with E-state index in [9.17, 15) is 14.0 Å². The third-order valence-corrected chi connectivity index (χ3v) is 4.57. The number of halogens is 1. The van der Waals surface area contributed by atoms with Gasteiger partial charge in [0.1, 0.15) is 5.82 Å². The van der Waals surface area contributed by atoms with Crippen molar-refractivity contribution in [2.24, 2.45) is 5.92 Å². The molecule has 1 aliphatic rings. The van der Waals surface area contributed by atoms with E-state index in [1.54, 1.807) is 4.90 Å². The zero-order valence-electron chi connectivity index (χ0n) is 14.7. The molecule has 1 saturated heterocycles. The first-order valence-corrected chi connectivity index (χ1v) is 8.70. The molecule has 0 aliphatic carbocycles. The zero-order chi connectivity index (χ0) is 18.5. The molecule has 26 heavy (non-hydrogen) atoms. The van der Waals surface area contributed by atoms with Crippen LogP contribution in [0.1, 0.15) is 18.4 Å². The van der Waals surface area contributed by atoms with Crippen LogP contribution in [0.25, 0.3) is 0 Å². The van der Waals surface area contributed by atoms with Gasteiger partial charge in [-0.15, -0.1) is 0 Å². The minimum atomic E-state index is -0.337. The molecule has 5 nitrogen and oxygen atoms in total. The van der Waals surface area contributed by atoms with E-state index in [0.717, 1.165) is 11.3 Å². The maximum Gasteiger partial charge on any atom is 0.321 e. The Morgan fingerprint density at radius 3 is 2.08 bits per heavy atom. The van der Waals surface area contributed by atoms with Crippen molar-refractivity contribution in [3.05, 3.63) is 59.9 Å². The molecule has 2 aromatic carbocycles. The lowest BCUT2D eigenvalue weighted by Crippen LogP contribution is -2.43. The summed E-state index contributed by atoms with van der Waals surface area (Å²) in [5.74, 6) is -0.574. The Morgan fingerprint density at radius 1 is 0.923 bits per heavy atom. The second-order valence-corrected chi connectivity index (χ2v) is 6.55. The number of amides is 3. The highest BCUT2D eigenvalue weighted by atomic mass is 19.1. The van der Waals surface area contributed by atoms with E-state index >= 15 is 0 Å². The molecule has 0 unspecified atom stereocenters. The summed E-state index contributed by atoms with van der Waals surface area (Å²) in [5.41, 5.74) is 2.48. The van der Waals surface area contributed by atoms with Crippen LogP contribution in [0.2, 0.25) is 0 Å². The van der Waals surface area contributed by atoms with Gasteiger partial charge in [-0.1, -0.05) is 17.7 Å². The first-order chi connectivity index (χ1) is 12.5. The Labute approximate surface area is 152 Å². The fourth-order valence-electron chi connectivity index (χ4n) is 2.96. The number of nitrogens with one attached hydrogen (secondary N) is 2. The molecule has 2 aromatic rings. The molecule has 0 saturated carbocycles. The van der Waals surface area contributed by atoms with Crippen LogP contribution in [0.3, 0.4) is 0 Å². The third-order valence-electron chi connectivity index (χ3n) is 4.57. The molecular formula is C20H22FN3O2. The summed E-state index contributed by atoms with van der Waals surface area (Å²) in [7, 11) is 0. The van der Waals surface area contributed by atoms with Crippen LogP contribution in [0, 0.1) is 18.7 Å². The number of hydrogen-bond donors (Lipinski definition) is 2. The van der Waals surface area contributed by atoms with Crippen molar-refractivity contribution in [3.63, 3.8) is 0 Å². The lowest BCUT2D eigenvalue weighted by Gasteiger charge is -2.31. The Balaban J connectivity index is 1.48. The van der Waals surface area contributed by atoms with E-state index in [2.05, 4.69) is 10.6 Å². The Hall–Kier alpha value is -2.89. The summed E-state index contributed by atoms with van der Waals surface area (Å²) in [6.07, 6.45) is 1.21. The second kappa shape index (κ2) is 7.99. The van der Waals surface area contributed by atoms with Gasteiger partial charge in [-0.3, -0.25) is 4.79 Å². The largest absolute Gasteiger partial charge is 0.326 e. The van der Waals surface area contributed by atoms with Crippen molar-refractivity contribution in [2.75, 3.05) is 23.7 Å². The molecule has 0 aromatic heterocycles. The van der Waals surface area contributed by atoms with Crippen LogP contribution < -0.4 is 10.6 Å². The van der Waals surface area contributed by atoms with E-state index < -0.39 is 0 Å². The second-order valence-electron chi connectivity index (χ2n) is 6.55. The standard InChI is InChI=1S/C20H22FN3O2/c1-14-2-6-18(7-3-14)23-20(26)24-12-10-15(11-13-24)19(25)22-17-8-4-16(21)5-9-17/h2-9,15H,10-13H2,1H3,(H,22,25)(H,23,26). The van der Waals surface area contributed by atoms with Crippen molar-refractivity contribution in [1.82, 2.24) is 4.90 Å². The van der Waals surface area contributed by atoms with Crippen LogP contribution in [-0.2, 0) is 4.79 Å². The Kier molecular flexibility index (Phi) is 5.51. The van der Waals surface area contributed by atoms with Gasteiger partial charge in [0, 0.05) is 30.4 Å². The van der Waals surface area contributed by atoms with E-state index in [0.29, 0.717) is 31.6 Å². The summed E-state index contributed by atoms with van der Waals surface area (Å²) < 4.78 is 12.9. The smallest absolute Gasteiger partial charge is 0.321 e. The van der Waals surface area contributed by atoms with Gasteiger partial charge < -0.3 is 15.5 Å². The molecule has 0 radical (unpaired) electrons. The number of piperidine rings is 1. The van der Waals surface area contributed by atoms with Gasteiger partial charge in [-0.2, -0.15) is 0 Å². The van der Waals surface area contributed by atoms with Gasteiger partial charge in [0.05, 0.1) is 0 Å². The average Bonchev–Trinajstić information content (AvgIpc) is 2.65. The van der Waals surface area contributed by atoms with E-state index in [1.165, 1.54) is 24.3 Å². The van der Waals surface area contributed by atoms with Crippen molar-refractivity contribution < 1.29 is 14.0 Å². The van der Waals surface area contributed by atoms with Gasteiger partial charge >= 0.3 is 6.03 Å². The molecule has 0 atom stereocenters. The normalized spacial score (nSPS) is 14.8. The van der Waals surface area contributed by atoms with E-state index in [-0.39, 0.29) is 23.7 Å². The third kappa shape index (κ3) is 4.59. The van der Waals surface area contributed by atoms with Crippen LogP contribution in [0.4, 0.5) is 20.6 Å². The average molecular weight is 355 g/mol. The van der Waals surface area contributed by atoms with Crippen molar-refractivity contribution >= 4 is 23.3 Å². The van der Waals surface area contributed by atoms with Gasteiger partial charge in [0.2, 0.25) is 5.91 Å². The number of anilines is 2. The molecule has 1 aliphatic heterocycles. The van der Waals surface area contributed by atoms with E-state index in [1.807, 2.05) is 31.2 Å². The molecule has 1 heterocycles. The predicted molar refractivity (Wildman–Crippen MR) is 99.5 cm³/mol. The van der Waals surface area contributed by atoms with Crippen LogP contribution in [0.15, 0.2) is 48.5 Å². The van der Waals surface area contributed by atoms with Crippen LogP contribution in [0.5, 0.6) is 0 Å². The minimum Gasteiger partial charge on any atom is -0.326 e. The van der Waals surface area contributed by atoms with Gasteiger partial charge in [0.25, 0.3) is 0 Å². The highest BCUT2D eigenvalue weighted by Gasteiger charge is 2.27. The maximum absolute atomic E-state index is 12.9. The Bertz CT molecular complexity index is 699. The topological polar surface area (TPSA) is 61.4 Å². The number of carbonyl (C=O) groups is 2. The number of rotatable bonds is 3. The van der Waals surface area contributed by atoms with Gasteiger partial charge in [0.15, 0.2) is 0 Å². The molecule has 136 valence electrons. The number of urea groups is 1. The number of carbonyl (C=O) groups excluding carboxylic acids is 2. The van der Waals surface area contributed by atoms with Gasteiger partial charge in [-0.05, 0) is 56.2 Å². The predicted octanol–water partition coefficient (Wildman–Crippen LogP) is 4.02. The number of aryl methyl sites for hydroxylation is 1. The molecule has 2 N–H and O–H groups in total. The summed E-state index contributed by atoms with van der Waals surface area (Å²) in [6, 6.07) is 13.2. The number of nitrogens with zero attached hydrogens (tertiary/aromatic N) is 1. The highest BCUT2D eigenvalue weighted by Crippen LogP contribution is 2.21. The fraction of sp³-hybridized carbons (Fsp3) is 0.300. The maximum atomic E-state index is 12.9. The number of likely N-dealkylation sites (tertiary alicyclic amines) is 1. The lowest BCUT2D eigenvalue weighted by atomic mass is 9.96. The quantitative estimate of drug-likeness (QED) is 0.874. The first-order valence-electron chi connectivity index (χ1n) is 8.70. The summed E-state index contributed by atoms with van der Waals surface area (Å²) >= 11 is 0. The number of benzene rings is 2. The van der Waals surface area contributed by atoms with Crippen molar-refractivity contribution in [2.45, 2.75) is 19.8 Å². The van der Waals surface area contributed by atoms with Crippen LogP contribution >= 0.6 is 0 Å². The SMILES string of the molecule is Cc1ccc(NC(=O)N2CCC(C(=O)Nc3ccc(F)cc3)CC2)cc1.